The fourth-order valence-electron chi connectivity index (χ4n) is 7.06. The molecule has 0 aliphatic carbocycles. The first-order valence-electron chi connectivity index (χ1n) is 13.2. The second kappa shape index (κ2) is 9.50. The Morgan fingerprint density at radius 1 is 1.14 bits per heavy atom. The summed E-state index contributed by atoms with van der Waals surface area (Å²) >= 11 is 1.54. The molecule has 2 amide bonds. The van der Waals surface area contributed by atoms with Crippen LogP contribution in [-0.4, -0.2) is 80.1 Å². The van der Waals surface area contributed by atoms with E-state index in [9.17, 15) is 19.5 Å². The lowest BCUT2D eigenvalue weighted by Crippen LogP contribution is -2.60. The van der Waals surface area contributed by atoms with Gasteiger partial charge in [-0.25, -0.2) is 0 Å². The van der Waals surface area contributed by atoms with Crippen molar-refractivity contribution in [2.45, 2.75) is 88.9 Å². The molecule has 7 nitrogen and oxygen atoms in total. The Morgan fingerprint density at radius 3 is 2.44 bits per heavy atom. The molecule has 0 aromatic rings. The molecule has 4 heterocycles. The molecule has 0 aromatic heterocycles. The second-order valence-corrected chi connectivity index (χ2v) is 14.5. The van der Waals surface area contributed by atoms with Gasteiger partial charge in [0, 0.05) is 17.3 Å². The number of ether oxygens (including phenoxy) is 1. The van der Waals surface area contributed by atoms with Crippen molar-refractivity contribution in [2.75, 3.05) is 19.8 Å². The summed E-state index contributed by atoms with van der Waals surface area (Å²) in [7, 11) is 0. The standard InChI is InChI=1S/C28H42N2O5S/c1-17(2)14-18(15-31)30-22-24(33)29(27(6,7)16-26(3,4)5)12-9-11-28(22)21(23(30)32)20-19(36-28)10-8-13-35-25(20)34/h8-11,17-22,31H,12-16H2,1-7H3/t18-,19-,20+,21+,22?,28+/m1/s1. The monoisotopic (exact) mass is 518 g/mol. The van der Waals surface area contributed by atoms with E-state index in [1.54, 1.807) is 16.7 Å². The largest absolute Gasteiger partial charge is 0.461 e. The lowest BCUT2D eigenvalue weighted by Gasteiger charge is -2.45. The quantitative estimate of drug-likeness (QED) is 0.428. The number of rotatable bonds is 6. The van der Waals surface area contributed by atoms with Crippen molar-refractivity contribution in [3.8, 4) is 0 Å². The van der Waals surface area contributed by atoms with Crippen molar-refractivity contribution in [2.24, 2.45) is 23.2 Å². The van der Waals surface area contributed by atoms with E-state index in [1.165, 1.54) is 0 Å². The highest BCUT2D eigenvalue weighted by Gasteiger charge is 2.72. The van der Waals surface area contributed by atoms with Gasteiger partial charge in [0.25, 0.3) is 0 Å². The van der Waals surface area contributed by atoms with Crippen LogP contribution in [0.5, 0.6) is 0 Å². The van der Waals surface area contributed by atoms with Gasteiger partial charge in [-0.3, -0.25) is 14.4 Å². The van der Waals surface area contributed by atoms with E-state index < -0.39 is 34.2 Å². The van der Waals surface area contributed by atoms with E-state index in [2.05, 4.69) is 34.6 Å². The Morgan fingerprint density at radius 2 is 1.83 bits per heavy atom. The van der Waals surface area contributed by atoms with Crippen molar-refractivity contribution in [1.82, 2.24) is 9.80 Å². The summed E-state index contributed by atoms with van der Waals surface area (Å²) in [4.78, 5) is 45.5. The second-order valence-electron chi connectivity index (χ2n) is 13.0. The van der Waals surface area contributed by atoms with Crippen LogP contribution in [0.2, 0.25) is 0 Å². The average Bonchev–Trinajstić information content (AvgIpc) is 3.04. The fraction of sp³-hybridized carbons (Fsp3) is 0.750. The average molecular weight is 519 g/mol. The number of hydrogen-bond donors (Lipinski definition) is 1. The van der Waals surface area contributed by atoms with Crippen molar-refractivity contribution in [3.05, 3.63) is 24.3 Å². The molecule has 4 aliphatic rings. The molecule has 1 N–H and O–H groups in total. The summed E-state index contributed by atoms with van der Waals surface area (Å²) in [6, 6.07) is -1.29. The van der Waals surface area contributed by atoms with E-state index >= 15 is 0 Å². The highest BCUT2D eigenvalue weighted by atomic mass is 32.2. The number of nitrogens with zero attached hydrogens (tertiary/aromatic N) is 2. The number of cyclic esters (lactones) is 1. The SMILES string of the molecule is CC(C)C[C@H](CO)N1C(=O)[C@@H]2[C@H]3C(=O)OCC=C[C@H]3S[C@@]23C=CCN(C(C)(C)CC(C)(C)C)C(=O)C13. The summed E-state index contributed by atoms with van der Waals surface area (Å²) < 4.78 is 4.56. The third-order valence-corrected chi connectivity index (χ3v) is 9.64. The van der Waals surface area contributed by atoms with E-state index in [0.29, 0.717) is 13.0 Å². The summed E-state index contributed by atoms with van der Waals surface area (Å²) in [6.07, 6.45) is 9.20. The van der Waals surface area contributed by atoms with Crippen LogP contribution in [0.15, 0.2) is 24.3 Å². The van der Waals surface area contributed by atoms with E-state index in [-0.39, 0.29) is 47.6 Å². The third-order valence-electron chi connectivity index (χ3n) is 7.89. The minimum absolute atomic E-state index is 0.000332. The third kappa shape index (κ3) is 4.53. The zero-order valence-corrected chi connectivity index (χ0v) is 23.5. The Bertz CT molecular complexity index is 967. The van der Waals surface area contributed by atoms with Crippen molar-refractivity contribution in [3.63, 3.8) is 0 Å². The summed E-state index contributed by atoms with van der Waals surface area (Å²) in [5.74, 6) is -1.84. The van der Waals surface area contributed by atoms with Gasteiger partial charge in [0.05, 0.1) is 29.2 Å². The lowest BCUT2D eigenvalue weighted by molar-refractivity contribution is -0.153. The molecule has 0 radical (unpaired) electrons. The van der Waals surface area contributed by atoms with Gasteiger partial charge in [0.15, 0.2) is 0 Å². The number of likely N-dealkylation sites (tertiary alicyclic amines) is 1. The molecule has 6 atom stereocenters. The van der Waals surface area contributed by atoms with Crippen LogP contribution in [0, 0.1) is 23.2 Å². The minimum atomic E-state index is -0.888. The van der Waals surface area contributed by atoms with Crippen LogP contribution in [-0.2, 0) is 19.1 Å². The first-order chi connectivity index (χ1) is 16.7. The lowest BCUT2D eigenvalue weighted by atomic mass is 9.78. The molecule has 2 fully saturated rings. The summed E-state index contributed by atoms with van der Waals surface area (Å²) in [5.41, 5.74) is -0.447. The predicted molar refractivity (Wildman–Crippen MR) is 141 cm³/mol. The van der Waals surface area contributed by atoms with Gasteiger partial charge in [0.1, 0.15) is 12.6 Å². The van der Waals surface area contributed by atoms with Crippen molar-refractivity contribution in [1.29, 1.82) is 0 Å². The minimum Gasteiger partial charge on any atom is -0.461 e. The molecular weight excluding hydrogens is 476 g/mol. The van der Waals surface area contributed by atoms with Gasteiger partial charge in [-0.1, -0.05) is 58.9 Å². The number of carbonyl (C=O) groups is 3. The van der Waals surface area contributed by atoms with Gasteiger partial charge in [-0.05, 0) is 38.0 Å². The molecule has 8 heteroatoms. The number of thioether (sulfide) groups is 1. The maximum atomic E-state index is 14.6. The molecule has 4 aliphatic heterocycles. The Balaban J connectivity index is 1.85. The Labute approximate surface area is 219 Å². The first kappa shape index (κ1) is 27.2. The highest BCUT2D eigenvalue weighted by molar-refractivity contribution is 8.02. The molecule has 4 rings (SSSR count). The van der Waals surface area contributed by atoms with Crippen molar-refractivity contribution >= 4 is 29.5 Å². The number of amides is 2. The fourth-order valence-corrected chi connectivity index (χ4v) is 9.05. The maximum absolute atomic E-state index is 14.6. The zero-order valence-electron chi connectivity index (χ0n) is 22.7. The highest BCUT2D eigenvalue weighted by Crippen LogP contribution is 2.61. The Hall–Kier alpha value is -1.80. The smallest absolute Gasteiger partial charge is 0.311 e. The topological polar surface area (TPSA) is 87.2 Å². The molecule has 0 aromatic carbocycles. The van der Waals surface area contributed by atoms with Gasteiger partial charge < -0.3 is 19.6 Å². The normalized spacial score (nSPS) is 33.3. The molecule has 200 valence electrons. The number of carbonyl (C=O) groups excluding carboxylic acids is 3. The van der Waals surface area contributed by atoms with Gasteiger partial charge in [-0.15, -0.1) is 11.8 Å². The number of hydrogen-bond acceptors (Lipinski definition) is 6. The predicted octanol–water partition coefficient (Wildman–Crippen LogP) is 3.42. The van der Waals surface area contributed by atoms with Gasteiger partial charge >= 0.3 is 5.97 Å². The van der Waals surface area contributed by atoms with Gasteiger partial charge in [0.2, 0.25) is 11.8 Å². The molecule has 1 spiro atoms. The van der Waals surface area contributed by atoms with Crippen LogP contribution in [0.4, 0.5) is 0 Å². The number of esters is 1. The Kier molecular flexibility index (Phi) is 7.19. The van der Waals surface area contributed by atoms with Crippen molar-refractivity contribution < 1.29 is 24.2 Å². The molecular formula is C28H42N2O5S. The van der Waals surface area contributed by atoms with E-state index in [0.717, 1.165) is 6.42 Å². The molecule has 0 saturated carbocycles. The molecule has 2 saturated heterocycles. The van der Waals surface area contributed by atoms with Crippen LogP contribution in [0.1, 0.15) is 61.3 Å². The first-order valence-corrected chi connectivity index (χ1v) is 14.0. The molecule has 1 unspecified atom stereocenters. The van der Waals surface area contributed by atoms with Crippen LogP contribution in [0.25, 0.3) is 0 Å². The molecule has 36 heavy (non-hydrogen) atoms. The van der Waals surface area contributed by atoms with Crippen LogP contribution in [0.3, 0.4) is 0 Å². The van der Waals surface area contributed by atoms with E-state index in [1.807, 2.05) is 43.1 Å². The van der Waals surface area contributed by atoms with Crippen LogP contribution < -0.4 is 0 Å². The van der Waals surface area contributed by atoms with Gasteiger partial charge in [-0.2, -0.15) is 0 Å². The summed E-state index contributed by atoms with van der Waals surface area (Å²) in [5, 5.41) is 10.2. The van der Waals surface area contributed by atoms with E-state index in [4.69, 9.17) is 4.74 Å². The number of aliphatic hydroxyl groups excluding tert-OH is 1. The molecule has 0 bridgehead atoms. The summed E-state index contributed by atoms with van der Waals surface area (Å²) in [6.45, 7) is 15.2. The number of fused-ring (bicyclic) bond motifs is 2. The number of aliphatic hydroxyl groups is 1. The van der Waals surface area contributed by atoms with Crippen LogP contribution >= 0.6 is 11.8 Å². The zero-order chi connectivity index (χ0) is 26.6. The maximum Gasteiger partial charge on any atom is 0.311 e.